The molecule has 0 unspecified atom stereocenters. The molecule has 0 bridgehead atoms. The molecular weight excluding hydrogens is 418 g/mol. The highest BCUT2D eigenvalue weighted by Gasteiger charge is 2.43. The van der Waals surface area contributed by atoms with E-state index in [4.69, 9.17) is 4.42 Å². The first-order valence-corrected chi connectivity index (χ1v) is 10.9. The van der Waals surface area contributed by atoms with Gasteiger partial charge >= 0.3 is 0 Å². The quantitative estimate of drug-likeness (QED) is 0.606. The van der Waals surface area contributed by atoms with E-state index in [1.54, 1.807) is 36.4 Å². The SMILES string of the molecule is CC(=O)Nc1ccc(C2=C(N3CCCc4ccccc43)C(=O)N(Cc3ccco3)C2=O)cc1. The lowest BCUT2D eigenvalue weighted by Crippen LogP contribution is -2.36. The molecule has 166 valence electrons. The molecule has 0 radical (unpaired) electrons. The molecule has 2 aliphatic heterocycles. The lowest BCUT2D eigenvalue weighted by Gasteiger charge is -2.32. The second-order valence-electron chi connectivity index (χ2n) is 8.14. The fourth-order valence-electron chi connectivity index (χ4n) is 4.47. The minimum Gasteiger partial charge on any atom is -0.467 e. The van der Waals surface area contributed by atoms with E-state index in [0.29, 0.717) is 34.8 Å². The Hall–Kier alpha value is -4.13. The fraction of sp³-hybridized carbons (Fsp3) is 0.192. The Morgan fingerprint density at radius 2 is 1.79 bits per heavy atom. The maximum atomic E-state index is 13.7. The number of carbonyl (C=O) groups excluding carboxylic acids is 3. The van der Waals surface area contributed by atoms with Crippen molar-refractivity contribution in [2.45, 2.75) is 26.3 Å². The molecule has 1 N–H and O–H groups in total. The molecular formula is C26H23N3O4. The summed E-state index contributed by atoms with van der Waals surface area (Å²) in [7, 11) is 0. The molecule has 1 aromatic heterocycles. The van der Waals surface area contributed by atoms with Gasteiger partial charge in [0, 0.05) is 24.8 Å². The van der Waals surface area contributed by atoms with Gasteiger partial charge in [-0.15, -0.1) is 0 Å². The van der Waals surface area contributed by atoms with Crippen molar-refractivity contribution in [1.29, 1.82) is 0 Å². The van der Waals surface area contributed by atoms with E-state index in [1.165, 1.54) is 18.1 Å². The summed E-state index contributed by atoms with van der Waals surface area (Å²) in [4.78, 5) is 41.8. The number of aryl methyl sites for hydroxylation is 1. The van der Waals surface area contributed by atoms with E-state index in [-0.39, 0.29) is 24.3 Å². The highest BCUT2D eigenvalue weighted by Crippen LogP contribution is 2.38. The van der Waals surface area contributed by atoms with Gasteiger partial charge in [0.1, 0.15) is 11.5 Å². The Morgan fingerprint density at radius 1 is 1.00 bits per heavy atom. The third kappa shape index (κ3) is 3.82. The van der Waals surface area contributed by atoms with E-state index in [0.717, 1.165) is 24.1 Å². The smallest absolute Gasteiger partial charge is 0.278 e. The Labute approximate surface area is 191 Å². The van der Waals surface area contributed by atoms with Crippen LogP contribution in [0.4, 0.5) is 11.4 Å². The number of hydrogen-bond acceptors (Lipinski definition) is 5. The summed E-state index contributed by atoms with van der Waals surface area (Å²) in [5.74, 6) is -0.336. The van der Waals surface area contributed by atoms with Gasteiger partial charge in [-0.25, -0.2) is 0 Å². The molecule has 0 fully saturated rings. The molecule has 0 spiro atoms. The number of furan rings is 1. The molecule has 0 atom stereocenters. The standard InChI is InChI=1S/C26H23N3O4/c1-17(30)27-20-12-10-19(11-13-20)23-24(28-14-4-7-18-6-2-3-9-22(18)28)26(32)29(25(23)31)16-21-8-5-15-33-21/h2-3,5-6,8-13,15H,4,7,14,16H2,1H3,(H,27,30). The summed E-state index contributed by atoms with van der Waals surface area (Å²) in [5, 5.41) is 2.73. The number of para-hydroxylation sites is 1. The van der Waals surface area contributed by atoms with Crippen molar-refractivity contribution in [1.82, 2.24) is 4.90 Å². The molecule has 33 heavy (non-hydrogen) atoms. The van der Waals surface area contributed by atoms with Crippen LogP contribution in [0.2, 0.25) is 0 Å². The zero-order valence-corrected chi connectivity index (χ0v) is 18.2. The van der Waals surface area contributed by atoms with Crippen molar-refractivity contribution in [3.63, 3.8) is 0 Å². The van der Waals surface area contributed by atoms with Crippen LogP contribution in [0, 0.1) is 0 Å². The summed E-state index contributed by atoms with van der Waals surface area (Å²) in [5.41, 5.74) is 4.10. The summed E-state index contributed by atoms with van der Waals surface area (Å²) in [6, 6.07) is 18.5. The minimum atomic E-state index is -0.360. The second kappa shape index (κ2) is 8.43. The van der Waals surface area contributed by atoms with Crippen LogP contribution in [0.1, 0.15) is 30.2 Å². The van der Waals surface area contributed by atoms with Gasteiger partial charge in [-0.2, -0.15) is 0 Å². The molecule has 5 rings (SSSR count). The molecule has 7 nitrogen and oxygen atoms in total. The zero-order valence-electron chi connectivity index (χ0n) is 18.2. The van der Waals surface area contributed by atoms with Gasteiger partial charge in [-0.3, -0.25) is 19.3 Å². The predicted octanol–water partition coefficient (Wildman–Crippen LogP) is 3.97. The van der Waals surface area contributed by atoms with Crippen LogP contribution in [0.25, 0.3) is 5.57 Å². The Balaban J connectivity index is 1.60. The molecule has 0 saturated carbocycles. The lowest BCUT2D eigenvalue weighted by molar-refractivity contribution is -0.137. The first-order valence-electron chi connectivity index (χ1n) is 10.9. The number of nitrogens with zero attached hydrogens (tertiary/aromatic N) is 2. The summed E-state index contributed by atoms with van der Waals surface area (Å²) >= 11 is 0. The van der Waals surface area contributed by atoms with Crippen LogP contribution in [-0.2, 0) is 27.3 Å². The van der Waals surface area contributed by atoms with Crippen molar-refractivity contribution < 1.29 is 18.8 Å². The molecule has 7 heteroatoms. The number of imide groups is 1. The fourth-order valence-corrected chi connectivity index (χ4v) is 4.47. The van der Waals surface area contributed by atoms with Crippen molar-refractivity contribution in [2.75, 3.05) is 16.8 Å². The monoisotopic (exact) mass is 441 g/mol. The van der Waals surface area contributed by atoms with Gasteiger partial charge in [-0.1, -0.05) is 30.3 Å². The molecule has 2 aliphatic rings. The maximum absolute atomic E-state index is 13.7. The maximum Gasteiger partial charge on any atom is 0.278 e. The number of benzene rings is 2. The van der Waals surface area contributed by atoms with E-state index in [2.05, 4.69) is 11.4 Å². The van der Waals surface area contributed by atoms with E-state index < -0.39 is 0 Å². The predicted molar refractivity (Wildman–Crippen MR) is 124 cm³/mol. The van der Waals surface area contributed by atoms with Crippen LogP contribution >= 0.6 is 0 Å². The number of nitrogens with one attached hydrogen (secondary N) is 1. The van der Waals surface area contributed by atoms with Gasteiger partial charge in [0.2, 0.25) is 5.91 Å². The van der Waals surface area contributed by atoms with Crippen LogP contribution in [0.15, 0.2) is 77.0 Å². The number of hydrogen-bond donors (Lipinski definition) is 1. The van der Waals surface area contributed by atoms with Crippen molar-refractivity contribution >= 4 is 34.7 Å². The van der Waals surface area contributed by atoms with Crippen molar-refractivity contribution in [3.05, 3.63) is 89.5 Å². The van der Waals surface area contributed by atoms with E-state index in [1.807, 2.05) is 23.1 Å². The van der Waals surface area contributed by atoms with Crippen LogP contribution in [0.5, 0.6) is 0 Å². The van der Waals surface area contributed by atoms with Gasteiger partial charge < -0.3 is 14.6 Å². The molecule has 0 saturated heterocycles. The zero-order chi connectivity index (χ0) is 22.9. The molecule has 0 aliphatic carbocycles. The van der Waals surface area contributed by atoms with Gasteiger partial charge in [-0.05, 0) is 54.3 Å². The lowest BCUT2D eigenvalue weighted by atomic mass is 9.98. The van der Waals surface area contributed by atoms with Crippen molar-refractivity contribution in [2.24, 2.45) is 0 Å². The number of anilines is 2. The number of fused-ring (bicyclic) bond motifs is 1. The third-order valence-corrected chi connectivity index (χ3v) is 5.91. The normalized spacial score (nSPS) is 15.8. The second-order valence-corrected chi connectivity index (χ2v) is 8.14. The highest BCUT2D eigenvalue weighted by molar-refractivity contribution is 6.36. The average Bonchev–Trinajstić information content (AvgIpc) is 3.41. The molecule has 3 aromatic rings. The van der Waals surface area contributed by atoms with Gasteiger partial charge in [0.15, 0.2) is 0 Å². The van der Waals surface area contributed by atoms with Gasteiger partial charge in [0.25, 0.3) is 11.8 Å². The van der Waals surface area contributed by atoms with Crippen LogP contribution in [0.3, 0.4) is 0 Å². The minimum absolute atomic E-state index is 0.0666. The van der Waals surface area contributed by atoms with Gasteiger partial charge in [0.05, 0.1) is 18.4 Å². The highest BCUT2D eigenvalue weighted by atomic mass is 16.3. The van der Waals surface area contributed by atoms with Crippen LogP contribution < -0.4 is 10.2 Å². The molecule has 2 aromatic carbocycles. The first-order chi connectivity index (χ1) is 16.0. The topological polar surface area (TPSA) is 82.9 Å². The Bertz CT molecular complexity index is 1260. The average molecular weight is 441 g/mol. The van der Waals surface area contributed by atoms with E-state index >= 15 is 0 Å². The Kier molecular flexibility index (Phi) is 5.30. The van der Waals surface area contributed by atoms with Crippen molar-refractivity contribution in [3.8, 4) is 0 Å². The number of carbonyl (C=O) groups is 3. The summed E-state index contributed by atoms with van der Waals surface area (Å²) in [6.07, 6.45) is 3.34. The molecule has 3 heterocycles. The van der Waals surface area contributed by atoms with Crippen LogP contribution in [-0.4, -0.2) is 29.2 Å². The number of amides is 3. The van der Waals surface area contributed by atoms with E-state index in [9.17, 15) is 14.4 Å². The molecule has 3 amide bonds. The first kappa shape index (κ1) is 20.8. The Morgan fingerprint density at radius 3 is 2.52 bits per heavy atom. The largest absolute Gasteiger partial charge is 0.467 e. The number of rotatable bonds is 5. The third-order valence-electron chi connectivity index (χ3n) is 5.91. The summed E-state index contributed by atoms with van der Waals surface area (Å²) in [6.45, 7) is 2.15. The summed E-state index contributed by atoms with van der Waals surface area (Å²) < 4.78 is 5.40.